The number of carbonyl (C=O) groups is 2. The van der Waals surface area contributed by atoms with Gasteiger partial charge in [0.05, 0.1) is 22.9 Å². The SMILES string of the molecule is CCOC(=O)c1ccc(N(C(=O)O)c2ccc(C)cc2)cc1[N+](=O)[O-]. The number of nitro groups is 1. The molecule has 2 aromatic rings. The highest BCUT2D eigenvalue weighted by atomic mass is 16.6. The van der Waals surface area contributed by atoms with Crippen LogP contribution in [0.2, 0.25) is 0 Å². The Kier molecular flexibility index (Phi) is 5.33. The standard InChI is InChI=1S/C17H16N2O6/c1-3-25-16(20)14-9-8-13(10-15(14)19(23)24)18(17(21)22)12-6-4-11(2)5-7-12/h4-10H,3H2,1-2H3,(H,21,22). The molecular formula is C17H16N2O6. The number of nitro benzene ring substituents is 1. The average molecular weight is 344 g/mol. The maximum absolute atomic E-state index is 11.8. The van der Waals surface area contributed by atoms with Gasteiger partial charge in [-0.05, 0) is 38.1 Å². The summed E-state index contributed by atoms with van der Waals surface area (Å²) in [5.41, 5.74) is 0.573. The van der Waals surface area contributed by atoms with Crippen molar-refractivity contribution in [2.75, 3.05) is 11.5 Å². The number of ether oxygens (including phenoxy) is 1. The second kappa shape index (κ2) is 7.43. The number of nitrogens with zero attached hydrogens (tertiary/aromatic N) is 2. The van der Waals surface area contributed by atoms with Crippen molar-refractivity contribution in [1.82, 2.24) is 0 Å². The third-order valence-corrected chi connectivity index (χ3v) is 3.42. The molecule has 0 unspecified atom stereocenters. The summed E-state index contributed by atoms with van der Waals surface area (Å²) >= 11 is 0. The lowest BCUT2D eigenvalue weighted by Gasteiger charge is -2.19. The highest BCUT2D eigenvalue weighted by molar-refractivity contribution is 5.98. The van der Waals surface area contributed by atoms with Gasteiger partial charge in [0.1, 0.15) is 5.56 Å². The Bertz CT molecular complexity index is 816. The van der Waals surface area contributed by atoms with Crippen LogP contribution in [0.25, 0.3) is 0 Å². The molecule has 130 valence electrons. The van der Waals surface area contributed by atoms with E-state index in [9.17, 15) is 24.8 Å². The molecular weight excluding hydrogens is 328 g/mol. The molecule has 2 aromatic carbocycles. The zero-order valence-electron chi connectivity index (χ0n) is 13.6. The highest BCUT2D eigenvalue weighted by Crippen LogP contribution is 2.31. The van der Waals surface area contributed by atoms with Crippen molar-refractivity contribution in [2.24, 2.45) is 0 Å². The summed E-state index contributed by atoms with van der Waals surface area (Å²) in [4.78, 5) is 34.9. The molecule has 0 aromatic heterocycles. The minimum Gasteiger partial charge on any atom is -0.464 e. The molecule has 0 fully saturated rings. The first-order valence-corrected chi connectivity index (χ1v) is 7.40. The molecule has 0 radical (unpaired) electrons. The lowest BCUT2D eigenvalue weighted by Crippen LogP contribution is -2.24. The largest absolute Gasteiger partial charge is 0.464 e. The molecule has 0 aliphatic rings. The fourth-order valence-corrected chi connectivity index (χ4v) is 2.26. The van der Waals surface area contributed by atoms with Gasteiger partial charge in [0, 0.05) is 6.07 Å². The van der Waals surface area contributed by atoms with E-state index in [1.165, 1.54) is 12.1 Å². The van der Waals surface area contributed by atoms with Gasteiger partial charge in [-0.25, -0.2) is 14.5 Å². The fraction of sp³-hybridized carbons (Fsp3) is 0.176. The molecule has 0 atom stereocenters. The van der Waals surface area contributed by atoms with Gasteiger partial charge in [-0.1, -0.05) is 17.7 Å². The van der Waals surface area contributed by atoms with Gasteiger partial charge in [0.25, 0.3) is 5.69 Å². The number of hydrogen-bond acceptors (Lipinski definition) is 5. The van der Waals surface area contributed by atoms with E-state index >= 15 is 0 Å². The monoisotopic (exact) mass is 344 g/mol. The quantitative estimate of drug-likeness (QED) is 0.500. The number of carboxylic acid groups (broad SMARTS) is 1. The summed E-state index contributed by atoms with van der Waals surface area (Å²) in [6, 6.07) is 10.2. The minimum atomic E-state index is -1.30. The molecule has 8 nitrogen and oxygen atoms in total. The number of esters is 1. The van der Waals surface area contributed by atoms with Crippen molar-refractivity contribution in [3.63, 3.8) is 0 Å². The number of aryl methyl sites for hydroxylation is 1. The predicted molar refractivity (Wildman–Crippen MR) is 90.4 cm³/mol. The number of rotatable bonds is 5. The average Bonchev–Trinajstić information content (AvgIpc) is 2.56. The van der Waals surface area contributed by atoms with Crippen molar-refractivity contribution < 1.29 is 24.4 Å². The van der Waals surface area contributed by atoms with Crippen molar-refractivity contribution >= 4 is 29.1 Å². The third-order valence-electron chi connectivity index (χ3n) is 3.42. The zero-order valence-corrected chi connectivity index (χ0v) is 13.6. The Morgan fingerprint density at radius 3 is 2.28 bits per heavy atom. The molecule has 0 bridgehead atoms. The van der Waals surface area contributed by atoms with E-state index in [0.29, 0.717) is 5.69 Å². The maximum atomic E-state index is 11.8. The second-order valence-corrected chi connectivity index (χ2v) is 5.13. The topological polar surface area (TPSA) is 110 Å². The molecule has 0 heterocycles. The summed E-state index contributed by atoms with van der Waals surface area (Å²) < 4.78 is 4.79. The first kappa shape index (κ1) is 17.9. The van der Waals surface area contributed by atoms with E-state index in [-0.39, 0.29) is 17.9 Å². The summed E-state index contributed by atoms with van der Waals surface area (Å²) in [5.74, 6) is -0.835. The van der Waals surface area contributed by atoms with Crippen LogP contribution < -0.4 is 4.90 Å². The lowest BCUT2D eigenvalue weighted by molar-refractivity contribution is -0.385. The third kappa shape index (κ3) is 3.92. The Morgan fingerprint density at radius 1 is 1.16 bits per heavy atom. The van der Waals surface area contributed by atoms with Crippen LogP contribution >= 0.6 is 0 Å². The van der Waals surface area contributed by atoms with Crippen molar-refractivity contribution in [1.29, 1.82) is 0 Å². The van der Waals surface area contributed by atoms with Gasteiger partial charge in [-0.15, -0.1) is 0 Å². The van der Waals surface area contributed by atoms with Crippen LogP contribution in [0.3, 0.4) is 0 Å². The van der Waals surface area contributed by atoms with Crippen LogP contribution in [0.5, 0.6) is 0 Å². The van der Waals surface area contributed by atoms with Gasteiger partial charge >= 0.3 is 12.1 Å². The van der Waals surface area contributed by atoms with E-state index in [4.69, 9.17) is 4.74 Å². The predicted octanol–water partition coefficient (Wildman–Crippen LogP) is 3.90. The molecule has 25 heavy (non-hydrogen) atoms. The van der Waals surface area contributed by atoms with Gasteiger partial charge in [-0.2, -0.15) is 0 Å². The van der Waals surface area contributed by atoms with Crippen LogP contribution in [0.4, 0.5) is 21.9 Å². The second-order valence-electron chi connectivity index (χ2n) is 5.13. The Labute approximate surface area is 143 Å². The van der Waals surface area contributed by atoms with E-state index < -0.39 is 22.7 Å². The first-order valence-electron chi connectivity index (χ1n) is 7.40. The summed E-state index contributed by atoms with van der Waals surface area (Å²) in [5, 5.41) is 20.8. The molecule has 0 saturated heterocycles. The fourth-order valence-electron chi connectivity index (χ4n) is 2.26. The smallest absolute Gasteiger partial charge is 0.416 e. The molecule has 1 N–H and O–H groups in total. The Morgan fingerprint density at radius 2 is 1.76 bits per heavy atom. The van der Waals surface area contributed by atoms with Gasteiger partial charge in [-0.3, -0.25) is 10.1 Å². The van der Waals surface area contributed by atoms with E-state index in [0.717, 1.165) is 16.5 Å². The molecule has 0 aliphatic heterocycles. The highest BCUT2D eigenvalue weighted by Gasteiger charge is 2.25. The van der Waals surface area contributed by atoms with Crippen LogP contribution in [-0.4, -0.2) is 28.7 Å². The first-order chi connectivity index (χ1) is 11.8. The van der Waals surface area contributed by atoms with E-state index in [1.54, 1.807) is 31.2 Å². The maximum Gasteiger partial charge on any atom is 0.416 e. The number of hydrogen-bond donors (Lipinski definition) is 1. The van der Waals surface area contributed by atoms with E-state index in [1.807, 2.05) is 6.92 Å². The Hall–Kier alpha value is -3.42. The Balaban J connectivity index is 2.54. The lowest BCUT2D eigenvalue weighted by atomic mass is 10.1. The van der Waals surface area contributed by atoms with Crippen molar-refractivity contribution in [3.05, 3.63) is 63.7 Å². The molecule has 2 rings (SSSR count). The molecule has 8 heteroatoms. The number of carbonyl (C=O) groups excluding carboxylic acids is 1. The van der Waals surface area contributed by atoms with E-state index in [2.05, 4.69) is 0 Å². The summed E-state index contributed by atoms with van der Waals surface area (Å²) in [7, 11) is 0. The summed E-state index contributed by atoms with van der Waals surface area (Å²) in [6.45, 7) is 3.51. The van der Waals surface area contributed by atoms with Crippen LogP contribution in [-0.2, 0) is 4.74 Å². The molecule has 1 amide bonds. The van der Waals surface area contributed by atoms with Crippen molar-refractivity contribution in [3.8, 4) is 0 Å². The number of benzene rings is 2. The molecule has 0 aliphatic carbocycles. The molecule has 0 saturated carbocycles. The van der Waals surface area contributed by atoms with Crippen molar-refractivity contribution in [2.45, 2.75) is 13.8 Å². The van der Waals surface area contributed by atoms with Crippen LogP contribution in [0.1, 0.15) is 22.8 Å². The van der Waals surface area contributed by atoms with Gasteiger partial charge in [0.15, 0.2) is 0 Å². The normalized spacial score (nSPS) is 10.2. The molecule has 0 spiro atoms. The number of anilines is 2. The zero-order chi connectivity index (χ0) is 18.6. The number of amides is 1. The van der Waals surface area contributed by atoms with Crippen LogP contribution in [0.15, 0.2) is 42.5 Å². The minimum absolute atomic E-state index is 0.0519. The van der Waals surface area contributed by atoms with Gasteiger partial charge < -0.3 is 9.84 Å². The van der Waals surface area contributed by atoms with Crippen LogP contribution in [0, 0.1) is 17.0 Å². The summed E-state index contributed by atoms with van der Waals surface area (Å²) in [6.07, 6.45) is -1.30. The van der Waals surface area contributed by atoms with Gasteiger partial charge in [0.2, 0.25) is 0 Å².